The second-order valence-electron chi connectivity index (χ2n) is 7.28. The first-order valence-corrected chi connectivity index (χ1v) is 8.45. The van der Waals surface area contributed by atoms with Gasteiger partial charge in [-0.1, -0.05) is 13.8 Å². The van der Waals surface area contributed by atoms with Crippen LogP contribution in [0.25, 0.3) is 0 Å². The van der Waals surface area contributed by atoms with Crippen LogP contribution in [0, 0.1) is 5.92 Å². The monoisotopic (exact) mass is 265 g/mol. The van der Waals surface area contributed by atoms with Gasteiger partial charge in [-0.05, 0) is 57.7 Å². The minimum atomic E-state index is 0.786. The summed E-state index contributed by atoms with van der Waals surface area (Å²) in [5, 5.41) is 3.99. The van der Waals surface area contributed by atoms with E-state index < -0.39 is 0 Å². The van der Waals surface area contributed by atoms with Crippen molar-refractivity contribution in [2.45, 2.75) is 64.1 Å². The van der Waals surface area contributed by atoms with E-state index >= 15 is 0 Å². The molecule has 3 nitrogen and oxygen atoms in total. The van der Waals surface area contributed by atoms with E-state index in [2.05, 4.69) is 29.0 Å². The average Bonchev–Trinajstić information content (AvgIpc) is 2.96. The SMILES string of the molecule is CC(C)CN1CCC(NC2CCN3CCCC23)CC1. The first-order valence-electron chi connectivity index (χ1n) is 8.45. The fourth-order valence-corrected chi connectivity index (χ4v) is 4.38. The third-order valence-corrected chi connectivity index (χ3v) is 5.27. The Balaban J connectivity index is 1.42. The highest BCUT2D eigenvalue weighted by molar-refractivity contribution is 4.97. The third kappa shape index (κ3) is 3.32. The number of hydrogen-bond donors (Lipinski definition) is 1. The molecule has 3 fully saturated rings. The Morgan fingerprint density at radius 2 is 1.79 bits per heavy atom. The van der Waals surface area contributed by atoms with Gasteiger partial charge in [-0.15, -0.1) is 0 Å². The Morgan fingerprint density at radius 1 is 1.00 bits per heavy atom. The van der Waals surface area contributed by atoms with Crippen molar-refractivity contribution in [2.24, 2.45) is 5.92 Å². The van der Waals surface area contributed by atoms with Crippen LogP contribution in [0.15, 0.2) is 0 Å². The summed E-state index contributed by atoms with van der Waals surface area (Å²) < 4.78 is 0. The van der Waals surface area contributed by atoms with E-state index in [1.165, 1.54) is 64.8 Å². The number of piperidine rings is 1. The van der Waals surface area contributed by atoms with Gasteiger partial charge in [0, 0.05) is 31.2 Å². The van der Waals surface area contributed by atoms with Gasteiger partial charge in [0.2, 0.25) is 0 Å². The lowest BCUT2D eigenvalue weighted by molar-refractivity contribution is 0.169. The molecule has 3 heteroatoms. The van der Waals surface area contributed by atoms with Crippen molar-refractivity contribution in [1.29, 1.82) is 0 Å². The van der Waals surface area contributed by atoms with Gasteiger partial charge in [-0.2, -0.15) is 0 Å². The van der Waals surface area contributed by atoms with E-state index in [0.29, 0.717) is 0 Å². The van der Waals surface area contributed by atoms with E-state index in [0.717, 1.165) is 24.0 Å². The molecule has 3 saturated heterocycles. The number of fused-ring (bicyclic) bond motifs is 1. The van der Waals surface area contributed by atoms with E-state index in [-0.39, 0.29) is 0 Å². The molecule has 0 saturated carbocycles. The summed E-state index contributed by atoms with van der Waals surface area (Å²) in [6.07, 6.45) is 6.96. The largest absolute Gasteiger partial charge is 0.310 e. The number of rotatable bonds is 4. The maximum absolute atomic E-state index is 3.99. The number of hydrogen-bond acceptors (Lipinski definition) is 3. The van der Waals surface area contributed by atoms with Crippen molar-refractivity contribution in [3.05, 3.63) is 0 Å². The lowest BCUT2D eigenvalue weighted by Gasteiger charge is -2.35. The molecule has 0 bridgehead atoms. The van der Waals surface area contributed by atoms with Crippen LogP contribution in [-0.2, 0) is 0 Å². The summed E-state index contributed by atoms with van der Waals surface area (Å²) in [4.78, 5) is 5.37. The van der Waals surface area contributed by atoms with Crippen LogP contribution in [0.3, 0.4) is 0 Å². The van der Waals surface area contributed by atoms with Gasteiger partial charge < -0.3 is 10.2 Å². The molecule has 110 valence electrons. The smallest absolute Gasteiger partial charge is 0.0250 e. The predicted octanol–water partition coefficient (Wildman–Crippen LogP) is 1.93. The van der Waals surface area contributed by atoms with Gasteiger partial charge in [0.25, 0.3) is 0 Å². The highest BCUT2D eigenvalue weighted by Gasteiger charge is 2.38. The summed E-state index contributed by atoms with van der Waals surface area (Å²) in [6.45, 7) is 11.2. The third-order valence-electron chi connectivity index (χ3n) is 5.27. The van der Waals surface area contributed by atoms with Gasteiger partial charge in [-0.3, -0.25) is 4.90 Å². The lowest BCUT2D eigenvalue weighted by Crippen LogP contribution is -2.49. The highest BCUT2D eigenvalue weighted by atomic mass is 15.2. The van der Waals surface area contributed by atoms with Gasteiger partial charge in [0.15, 0.2) is 0 Å². The van der Waals surface area contributed by atoms with Crippen LogP contribution in [0.4, 0.5) is 0 Å². The fraction of sp³-hybridized carbons (Fsp3) is 1.00. The first-order chi connectivity index (χ1) is 9.22. The summed E-state index contributed by atoms with van der Waals surface area (Å²) in [7, 11) is 0. The fourth-order valence-electron chi connectivity index (χ4n) is 4.38. The van der Waals surface area contributed by atoms with Crippen LogP contribution >= 0.6 is 0 Å². The van der Waals surface area contributed by atoms with Gasteiger partial charge in [0.1, 0.15) is 0 Å². The maximum Gasteiger partial charge on any atom is 0.0250 e. The first kappa shape index (κ1) is 13.8. The molecule has 0 amide bonds. The molecule has 3 aliphatic heterocycles. The van der Waals surface area contributed by atoms with E-state index in [4.69, 9.17) is 0 Å². The molecule has 3 aliphatic rings. The molecule has 19 heavy (non-hydrogen) atoms. The zero-order chi connectivity index (χ0) is 13.2. The molecule has 0 spiro atoms. The standard InChI is InChI=1S/C16H31N3/c1-13(2)12-18-9-5-14(6-10-18)17-15-7-11-19-8-3-4-16(15)19/h13-17H,3-12H2,1-2H3. The van der Waals surface area contributed by atoms with Crippen molar-refractivity contribution >= 4 is 0 Å². The van der Waals surface area contributed by atoms with Crippen molar-refractivity contribution in [2.75, 3.05) is 32.7 Å². The van der Waals surface area contributed by atoms with Crippen LogP contribution in [0.1, 0.15) is 46.0 Å². The highest BCUT2D eigenvalue weighted by Crippen LogP contribution is 2.28. The molecule has 1 N–H and O–H groups in total. The molecular weight excluding hydrogens is 234 g/mol. The topological polar surface area (TPSA) is 18.5 Å². The van der Waals surface area contributed by atoms with Crippen molar-refractivity contribution in [3.8, 4) is 0 Å². The molecule has 2 unspecified atom stereocenters. The Kier molecular flexibility index (Phi) is 4.45. The molecule has 0 aromatic heterocycles. The summed E-state index contributed by atoms with van der Waals surface area (Å²) >= 11 is 0. The molecule has 0 radical (unpaired) electrons. The van der Waals surface area contributed by atoms with E-state index in [9.17, 15) is 0 Å². The van der Waals surface area contributed by atoms with Crippen LogP contribution in [0.2, 0.25) is 0 Å². The quantitative estimate of drug-likeness (QED) is 0.838. The summed E-state index contributed by atoms with van der Waals surface area (Å²) in [5.41, 5.74) is 0. The van der Waals surface area contributed by atoms with Crippen molar-refractivity contribution in [1.82, 2.24) is 15.1 Å². The van der Waals surface area contributed by atoms with Gasteiger partial charge >= 0.3 is 0 Å². The molecule has 3 heterocycles. The van der Waals surface area contributed by atoms with Gasteiger partial charge in [0.05, 0.1) is 0 Å². The molecule has 0 aromatic rings. The minimum Gasteiger partial charge on any atom is -0.310 e. The predicted molar refractivity (Wildman–Crippen MR) is 80.4 cm³/mol. The zero-order valence-electron chi connectivity index (χ0n) is 12.8. The number of nitrogens with one attached hydrogen (secondary N) is 1. The second-order valence-corrected chi connectivity index (χ2v) is 7.28. The van der Waals surface area contributed by atoms with Crippen LogP contribution < -0.4 is 5.32 Å². The van der Waals surface area contributed by atoms with E-state index in [1.54, 1.807) is 0 Å². The lowest BCUT2D eigenvalue weighted by atomic mass is 10.00. The molecular formula is C16H31N3. The normalized spacial score (nSPS) is 34.3. The maximum atomic E-state index is 3.99. The number of likely N-dealkylation sites (tertiary alicyclic amines) is 1. The van der Waals surface area contributed by atoms with E-state index in [1.807, 2.05) is 0 Å². The molecule has 2 atom stereocenters. The zero-order valence-corrected chi connectivity index (χ0v) is 12.8. The van der Waals surface area contributed by atoms with Crippen molar-refractivity contribution in [3.63, 3.8) is 0 Å². The molecule has 0 aliphatic carbocycles. The number of nitrogens with zero attached hydrogens (tertiary/aromatic N) is 2. The minimum absolute atomic E-state index is 0.786. The summed E-state index contributed by atoms with van der Waals surface area (Å²) in [5.74, 6) is 0.811. The Hall–Kier alpha value is -0.120. The average molecular weight is 265 g/mol. The molecule has 0 aromatic carbocycles. The second kappa shape index (κ2) is 6.11. The summed E-state index contributed by atoms with van der Waals surface area (Å²) in [6, 6.07) is 2.45. The van der Waals surface area contributed by atoms with Gasteiger partial charge in [-0.25, -0.2) is 0 Å². The Bertz CT molecular complexity index is 284. The molecule has 3 rings (SSSR count). The van der Waals surface area contributed by atoms with Crippen molar-refractivity contribution < 1.29 is 0 Å². The Labute approximate surface area is 118 Å². The van der Waals surface area contributed by atoms with Crippen LogP contribution in [-0.4, -0.2) is 60.6 Å². The Morgan fingerprint density at radius 3 is 2.53 bits per heavy atom. The van der Waals surface area contributed by atoms with Crippen LogP contribution in [0.5, 0.6) is 0 Å².